The molecular weight excluding hydrogens is 524 g/mol. The molecule has 37 heavy (non-hydrogen) atoms. The van der Waals surface area contributed by atoms with E-state index in [0.29, 0.717) is 22.5 Å². The maximum absolute atomic E-state index is 12.3. The van der Waals surface area contributed by atoms with E-state index >= 15 is 0 Å². The summed E-state index contributed by atoms with van der Waals surface area (Å²) in [6, 6.07) is 9.06. The lowest BCUT2D eigenvalue weighted by Crippen LogP contribution is -2.22. The Balaban J connectivity index is 1.52. The van der Waals surface area contributed by atoms with Gasteiger partial charge in [0.1, 0.15) is 0 Å². The Morgan fingerprint density at radius 2 is 1.92 bits per heavy atom. The number of anilines is 1. The van der Waals surface area contributed by atoms with Crippen molar-refractivity contribution in [2.75, 3.05) is 25.3 Å². The van der Waals surface area contributed by atoms with Crippen molar-refractivity contribution in [2.45, 2.75) is 11.7 Å². The zero-order valence-corrected chi connectivity index (χ0v) is 21.6. The van der Waals surface area contributed by atoms with Gasteiger partial charge in [-0.3, -0.25) is 19.7 Å². The van der Waals surface area contributed by atoms with Gasteiger partial charge in [-0.2, -0.15) is 0 Å². The topological polar surface area (TPSA) is 151 Å². The zero-order valence-electron chi connectivity index (χ0n) is 20.1. The molecule has 3 aromatic rings. The Labute approximate surface area is 221 Å². The van der Waals surface area contributed by atoms with Gasteiger partial charge in [0.15, 0.2) is 22.5 Å². The van der Waals surface area contributed by atoms with Crippen molar-refractivity contribution in [1.29, 1.82) is 0 Å². The highest BCUT2D eigenvalue weighted by Gasteiger charge is 2.15. The Morgan fingerprint density at radius 3 is 2.62 bits per heavy atom. The molecule has 0 spiro atoms. The number of rotatable bonds is 11. The number of halogens is 1. The van der Waals surface area contributed by atoms with Crippen LogP contribution in [0, 0.1) is 10.1 Å². The highest BCUT2D eigenvalue weighted by molar-refractivity contribution is 7.99. The molecular formula is C23H23ClN6O6S. The van der Waals surface area contributed by atoms with Crippen LogP contribution in [0.5, 0.6) is 11.5 Å². The number of ether oxygens (including phenoxy) is 2. The van der Waals surface area contributed by atoms with Gasteiger partial charge in [0.25, 0.3) is 5.69 Å². The molecule has 14 heteroatoms. The van der Waals surface area contributed by atoms with E-state index in [4.69, 9.17) is 21.1 Å². The minimum atomic E-state index is -0.577. The van der Waals surface area contributed by atoms with Gasteiger partial charge in [-0.15, -0.1) is 10.2 Å². The molecule has 0 saturated carbocycles. The van der Waals surface area contributed by atoms with Crippen LogP contribution in [0.3, 0.4) is 0 Å². The number of carbonyl (C=O) groups excluding carboxylic acids is 2. The van der Waals surface area contributed by atoms with E-state index < -0.39 is 10.8 Å². The zero-order chi connectivity index (χ0) is 26.9. The van der Waals surface area contributed by atoms with Gasteiger partial charge in [-0.05, 0) is 29.8 Å². The standard InChI is InChI=1S/C23H23ClN6O6S/c1-29-20(12-25-21(31)9-5-14-4-8-18(35-2)19(10-14)36-3)27-28-23(29)37-13-22(32)26-17-11-15(30(33)34)6-7-16(17)24/h4-11H,12-13H2,1-3H3,(H,25,31)(H,26,32). The number of thioether (sulfide) groups is 1. The van der Waals surface area contributed by atoms with E-state index in [2.05, 4.69) is 20.8 Å². The number of hydrogen-bond acceptors (Lipinski definition) is 9. The normalized spacial score (nSPS) is 10.8. The lowest BCUT2D eigenvalue weighted by Gasteiger charge is -2.08. The van der Waals surface area contributed by atoms with Crippen LogP contribution >= 0.6 is 23.4 Å². The second-order valence-electron chi connectivity index (χ2n) is 7.38. The number of benzene rings is 2. The highest BCUT2D eigenvalue weighted by atomic mass is 35.5. The lowest BCUT2D eigenvalue weighted by molar-refractivity contribution is -0.384. The number of nitrogens with one attached hydrogen (secondary N) is 2. The van der Waals surface area contributed by atoms with Gasteiger partial charge in [0, 0.05) is 25.3 Å². The van der Waals surface area contributed by atoms with Crippen molar-refractivity contribution in [3.8, 4) is 11.5 Å². The number of hydrogen-bond donors (Lipinski definition) is 2. The van der Waals surface area contributed by atoms with Crippen LogP contribution < -0.4 is 20.1 Å². The molecule has 2 N–H and O–H groups in total. The summed E-state index contributed by atoms with van der Waals surface area (Å²) in [5, 5.41) is 24.9. The van der Waals surface area contributed by atoms with E-state index in [0.717, 1.165) is 17.3 Å². The molecule has 0 radical (unpaired) electrons. The third-order valence-electron chi connectivity index (χ3n) is 4.95. The number of nitro groups is 1. The fraction of sp³-hybridized carbons (Fsp3) is 0.217. The molecule has 1 heterocycles. The fourth-order valence-corrected chi connectivity index (χ4v) is 3.91. The van der Waals surface area contributed by atoms with Gasteiger partial charge in [-0.25, -0.2) is 0 Å². The largest absolute Gasteiger partial charge is 0.493 e. The van der Waals surface area contributed by atoms with Crippen molar-refractivity contribution in [3.63, 3.8) is 0 Å². The number of nitro benzene ring substituents is 1. The summed E-state index contributed by atoms with van der Waals surface area (Å²) in [6.45, 7) is 0.120. The third-order valence-corrected chi connectivity index (χ3v) is 6.30. The molecule has 194 valence electrons. The molecule has 12 nitrogen and oxygen atoms in total. The molecule has 1 aromatic heterocycles. The predicted octanol–water partition coefficient (Wildman–Crippen LogP) is 3.45. The van der Waals surface area contributed by atoms with Gasteiger partial charge in [0.2, 0.25) is 11.8 Å². The van der Waals surface area contributed by atoms with E-state index in [1.807, 2.05) is 0 Å². The monoisotopic (exact) mass is 546 g/mol. The Morgan fingerprint density at radius 1 is 1.16 bits per heavy atom. The first-order valence-corrected chi connectivity index (χ1v) is 12.0. The Kier molecular flexibility index (Phi) is 9.46. The smallest absolute Gasteiger partial charge is 0.271 e. The van der Waals surface area contributed by atoms with Crippen molar-refractivity contribution >= 4 is 52.6 Å². The number of nitrogens with zero attached hydrogens (tertiary/aromatic N) is 4. The molecule has 2 amide bonds. The third kappa shape index (κ3) is 7.44. The minimum Gasteiger partial charge on any atom is -0.493 e. The van der Waals surface area contributed by atoms with Crippen LogP contribution in [-0.4, -0.2) is 51.5 Å². The van der Waals surface area contributed by atoms with Crippen LogP contribution in [0.15, 0.2) is 47.6 Å². The maximum Gasteiger partial charge on any atom is 0.271 e. The van der Waals surface area contributed by atoms with Crippen molar-refractivity contribution in [2.24, 2.45) is 7.05 Å². The van der Waals surface area contributed by atoms with E-state index in [-0.39, 0.29) is 34.6 Å². The quantitative estimate of drug-likeness (QED) is 0.159. The Bertz CT molecular complexity index is 1350. The Hall–Kier alpha value is -4.10. The molecule has 0 saturated heterocycles. The second-order valence-corrected chi connectivity index (χ2v) is 8.73. The summed E-state index contributed by atoms with van der Waals surface area (Å²) >= 11 is 7.12. The van der Waals surface area contributed by atoms with Crippen LogP contribution in [-0.2, 0) is 23.2 Å². The number of non-ortho nitro benzene ring substituents is 1. The first kappa shape index (κ1) is 27.5. The van der Waals surface area contributed by atoms with Crippen molar-refractivity contribution in [3.05, 3.63) is 69.0 Å². The van der Waals surface area contributed by atoms with Crippen molar-refractivity contribution in [1.82, 2.24) is 20.1 Å². The number of amides is 2. The van der Waals surface area contributed by atoms with Gasteiger partial charge in [-0.1, -0.05) is 29.4 Å². The molecule has 2 aromatic carbocycles. The summed E-state index contributed by atoms with van der Waals surface area (Å²) in [5.74, 6) is 0.829. The molecule has 0 aliphatic carbocycles. The van der Waals surface area contributed by atoms with Gasteiger partial charge in [0.05, 0.1) is 42.2 Å². The molecule has 0 bridgehead atoms. The molecule has 0 aliphatic heterocycles. The second kappa shape index (κ2) is 12.7. The van der Waals surface area contributed by atoms with Crippen LogP contribution in [0.1, 0.15) is 11.4 Å². The first-order chi connectivity index (χ1) is 17.7. The lowest BCUT2D eigenvalue weighted by atomic mass is 10.2. The SMILES string of the molecule is COc1ccc(C=CC(=O)NCc2nnc(SCC(=O)Nc3cc([N+](=O)[O-])ccc3Cl)n2C)cc1OC. The predicted molar refractivity (Wildman–Crippen MR) is 139 cm³/mol. The summed E-state index contributed by atoms with van der Waals surface area (Å²) < 4.78 is 12.1. The van der Waals surface area contributed by atoms with E-state index in [1.54, 1.807) is 43.0 Å². The average molecular weight is 547 g/mol. The molecule has 0 unspecified atom stereocenters. The first-order valence-electron chi connectivity index (χ1n) is 10.6. The minimum absolute atomic E-state index is 0.0363. The number of methoxy groups -OCH3 is 2. The number of carbonyl (C=O) groups is 2. The summed E-state index contributed by atoms with van der Waals surface area (Å²) in [5.41, 5.74) is 0.713. The molecule has 0 fully saturated rings. The summed E-state index contributed by atoms with van der Waals surface area (Å²) in [7, 11) is 4.78. The van der Waals surface area contributed by atoms with E-state index in [9.17, 15) is 19.7 Å². The highest BCUT2D eigenvalue weighted by Crippen LogP contribution is 2.28. The molecule has 0 aliphatic rings. The molecule has 3 rings (SSSR count). The van der Waals surface area contributed by atoms with Crippen molar-refractivity contribution < 1.29 is 24.0 Å². The van der Waals surface area contributed by atoms with E-state index in [1.165, 1.54) is 31.4 Å². The fourth-order valence-electron chi connectivity index (χ4n) is 3.02. The van der Waals surface area contributed by atoms with Crippen LogP contribution in [0.4, 0.5) is 11.4 Å². The maximum atomic E-state index is 12.3. The number of aromatic nitrogens is 3. The van der Waals surface area contributed by atoms with Crippen LogP contribution in [0.2, 0.25) is 5.02 Å². The van der Waals surface area contributed by atoms with Gasteiger partial charge < -0.3 is 24.7 Å². The average Bonchev–Trinajstić information content (AvgIpc) is 3.24. The van der Waals surface area contributed by atoms with Gasteiger partial charge >= 0.3 is 0 Å². The molecule has 0 atom stereocenters. The van der Waals surface area contributed by atoms with Crippen LogP contribution in [0.25, 0.3) is 6.08 Å². The summed E-state index contributed by atoms with van der Waals surface area (Å²) in [4.78, 5) is 34.9. The summed E-state index contributed by atoms with van der Waals surface area (Å²) in [6.07, 6.45) is 3.03.